The molecule has 1 rings (SSSR count). The number of aromatic hydroxyl groups is 1. The molecule has 0 fully saturated rings. The Morgan fingerprint density at radius 2 is 2.57 bits per heavy atom. The van der Waals surface area contributed by atoms with Crippen molar-refractivity contribution < 1.29 is 5.11 Å². The summed E-state index contributed by atoms with van der Waals surface area (Å²) >= 11 is 5.07. The van der Waals surface area contributed by atoms with Crippen molar-refractivity contribution in [1.29, 1.82) is 0 Å². The molecule has 4 heteroatoms. The van der Waals surface area contributed by atoms with Gasteiger partial charge in [-0.15, -0.1) is 12.6 Å². The van der Waals surface area contributed by atoms with Crippen LogP contribution in [0.4, 0.5) is 0 Å². The molecule has 0 atom stereocenters. The van der Waals surface area contributed by atoms with Crippen LogP contribution in [0.5, 0.6) is 5.88 Å². The highest BCUT2D eigenvalue weighted by atomic mass is 32.2. The molecule has 0 unspecified atom stereocenters. The molecule has 0 saturated heterocycles. The third-order valence-corrected chi connectivity index (χ3v) is 1.44. The fourth-order valence-corrected chi connectivity index (χ4v) is 0.892. The predicted octanol–water partition coefficient (Wildman–Crippen LogP) is 1.14. The molecule has 0 saturated carbocycles. The van der Waals surface area contributed by atoms with Crippen molar-refractivity contribution in [3.05, 3.63) is 6.07 Å². The average molecular weight is 133 g/mol. The Kier molecular flexibility index (Phi) is 1.21. The highest BCUT2D eigenvalue weighted by Crippen LogP contribution is 2.17. The van der Waals surface area contributed by atoms with Gasteiger partial charge in [0.15, 0.2) is 0 Å². The number of thiol groups is 1. The van der Waals surface area contributed by atoms with Crippen molar-refractivity contribution in [2.75, 3.05) is 0 Å². The van der Waals surface area contributed by atoms with E-state index < -0.39 is 0 Å². The molecule has 1 heterocycles. The molecule has 0 aliphatic carbocycles. The van der Waals surface area contributed by atoms with Crippen molar-refractivity contribution in [2.45, 2.75) is 4.21 Å². The minimum Gasteiger partial charge on any atom is -0.493 e. The van der Waals surface area contributed by atoms with E-state index in [2.05, 4.69) is 17.0 Å². The third-order valence-electron chi connectivity index (χ3n) is 0.485. The SMILES string of the molecule is Oc1cc(S)sn1. The highest BCUT2D eigenvalue weighted by Gasteiger charge is 1.90. The molecular weight excluding hydrogens is 130 g/mol. The van der Waals surface area contributed by atoms with Crippen molar-refractivity contribution in [3.8, 4) is 5.88 Å². The Balaban J connectivity index is 3.04. The maximum Gasteiger partial charge on any atom is 0.223 e. The fourth-order valence-electron chi connectivity index (χ4n) is 0.257. The van der Waals surface area contributed by atoms with E-state index in [1.165, 1.54) is 17.6 Å². The smallest absolute Gasteiger partial charge is 0.223 e. The van der Waals surface area contributed by atoms with E-state index in [9.17, 15) is 0 Å². The van der Waals surface area contributed by atoms with Gasteiger partial charge < -0.3 is 5.11 Å². The van der Waals surface area contributed by atoms with Gasteiger partial charge in [0.1, 0.15) is 0 Å². The van der Waals surface area contributed by atoms with Crippen LogP contribution in [-0.4, -0.2) is 9.48 Å². The largest absolute Gasteiger partial charge is 0.493 e. The molecule has 0 bridgehead atoms. The van der Waals surface area contributed by atoms with E-state index in [0.29, 0.717) is 0 Å². The normalized spacial score (nSPS) is 9.29. The summed E-state index contributed by atoms with van der Waals surface area (Å²) in [6.07, 6.45) is 0. The summed E-state index contributed by atoms with van der Waals surface area (Å²) in [6.45, 7) is 0. The molecule has 0 aliphatic rings. The Morgan fingerprint density at radius 3 is 2.71 bits per heavy atom. The predicted molar refractivity (Wildman–Crippen MR) is 31.0 cm³/mol. The van der Waals surface area contributed by atoms with E-state index in [-0.39, 0.29) is 5.88 Å². The topological polar surface area (TPSA) is 33.1 Å². The second-order valence-corrected chi connectivity index (χ2v) is 2.61. The van der Waals surface area contributed by atoms with Gasteiger partial charge in [-0.2, -0.15) is 4.37 Å². The first kappa shape index (κ1) is 4.93. The summed E-state index contributed by atoms with van der Waals surface area (Å²) in [6, 6.07) is 1.49. The lowest BCUT2D eigenvalue weighted by Crippen LogP contribution is -1.49. The van der Waals surface area contributed by atoms with Crippen LogP contribution in [0.1, 0.15) is 0 Å². The number of hydrogen-bond donors (Lipinski definition) is 2. The molecule has 0 amide bonds. The minimum absolute atomic E-state index is 0.0509. The van der Waals surface area contributed by atoms with Gasteiger partial charge >= 0.3 is 0 Å². The van der Waals surface area contributed by atoms with Gasteiger partial charge in [-0.25, -0.2) is 0 Å². The molecule has 38 valence electrons. The summed E-state index contributed by atoms with van der Waals surface area (Å²) < 4.78 is 4.27. The maximum absolute atomic E-state index is 8.50. The molecule has 7 heavy (non-hydrogen) atoms. The molecule has 1 aromatic heterocycles. The first-order valence-electron chi connectivity index (χ1n) is 1.63. The molecule has 0 aromatic carbocycles. The van der Waals surface area contributed by atoms with Crippen molar-refractivity contribution in [3.63, 3.8) is 0 Å². The van der Waals surface area contributed by atoms with Crippen LogP contribution < -0.4 is 0 Å². The summed E-state index contributed by atoms with van der Waals surface area (Å²) in [4.78, 5) is 0. The van der Waals surface area contributed by atoms with Crippen LogP contribution in [0, 0.1) is 0 Å². The molecule has 0 radical (unpaired) electrons. The van der Waals surface area contributed by atoms with Crippen LogP contribution in [-0.2, 0) is 0 Å². The monoisotopic (exact) mass is 133 g/mol. The highest BCUT2D eigenvalue weighted by molar-refractivity contribution is 7.82. The molecule has 2 nitrogen and oxygen atoms in total. The zero-order valence-corrected chi connectivity index (χ0v) is 5.04. The second kappa shape index (κ2) is 1.71. The van der Waals surface area contributed by atoms with Crippen LogP contribution >= 0.6 is 24.2 Å². The first-order valence-corrected chi connectivity index (χ1v) is 2.86. The van der Waals surface area contributed by atoms with Crippen molar-refractivity contribution in [1.82, 2.24) is 4.37 Å². The van der Waals surface area contributed by atoms with Crippen LogP contribution in [0.15, 0.2) is 10.3 Å². The van der Waals surface area contributed by atoms with E-state index in [1.807, 2.05) is 0 Å². The molecule has 1 aromatic rings. The summed E-state index contributed by atoms with van der Waals surface area (Å²) in [5.41, 5.74) is 0. The van der Waals surface area contributed by atoms with Gasteiger partial charge in [-0.1, -0.05) is 0 Å². The molecule has 0 aliphatic heterocycles. The van der Waals surface area contributed by atoms with Crippen molar-refractivity contribution in [2.24, 2.45) is 0 Å². The van der Waals surface area contributed by atoms with Crippen LogP contribution in [0.3, 0.4) is 0 Å². The quantitative estimate of drug-likeness (QED) is 0.520. The number of hydrogen-bond acceptors (Lipinski definition) is 4. The van der Waals surface area contributed by atoms with Gasteiger partial charge in [0.05, 0.1) is 4.21 Å². The van der Waals surface area contributed by atoms with Gasteiger partial charge in [-0.3, -0.25) is 0 Å². The average Bonchev–Trinajstić information content (AvgIpc) is 1.87. The number of nitrogens with zero attached hydrogens (tertiary/aromatic N) is 1. The minimum atomic E-state index is 0.0509. The van der Waals surface area contributed by atoms with E-state index >= 15 is 0 Å². The van der Waals surface area contributed by atoms with Gasteiger partial charge in [0.2, 0.25) is 5.88 Å². The lowest BCUT2D eigenvalue weighted by atomic mass is 10.7. The summed E-state index contributed by atoms with van der Waals surface area (Å²) in [7, 11) is 0. The summed E-state index contributed by atoms with van der Waals surface area (Å²) in [5, 5.41) is 8.50. The zero-order chi connectivity index (χ0) is 5.28. The number of rotatable bonds is 0. The third kappa shape index (κ3) is 1.07. The first-order chi connectivity index (χ1) is 3.29. The standard InChI is InChI=1S/C3H3NOS2/c5-2-1-3(6)7-4-2/h1,6H,(H,4,5). The van der Waals surface area contributed by atoms with Gasteiger partial charge in [-0.05, 0) is 11.5 Å². The lowest BCUT2D eigenvalue weighted by Gasteiger charge is -1.67. The van der Waals surface area contributed by atoms with E-state index in [4.69, 9.17) is 5.11 Å². The van der Waals surface area contributed by atoms with E-state index in [1.54, 1.807) is 0 Å². The number of aromatic nitrogens is 1. The van der Waals surface area contributed by atoms with Crippen LogP contribution in [0.25, 0.3) is 0 Å². The van der Waals surface area contributed by atoms with E-state index in [0.717, 1.165) is 4.21 Å². The van der Waals surface area contributed by atoms with Crippen LogP contribution in [0.2, 0.25) is 0 Å². The van der Waals surface area contributed by atoms with Gasteiger partial charge in [0, 0.05) is 6.07 Å². The Labute approximate surface area is 50.4 Å². The fraction of sp³-hybridized carbons (Fsp3) is 0. The van der Waals surface area contributed by atoms with Gasteiger partial charge in [0.25, 0.3) is 0 Å². The van der Waals surface area contributed by atoms with Crippen molar-refractivity contribution >= 4 is 24.2 Å². The molecule has 1 N–H and O–H groups in total. The Morgan fingerprint density at radius 1 is 1.86 bits per heavy atom. The molecular formula is C3H3NOS2. The molecule has 0 spiro atoms. The zero-order valence-electron chi connectivity index (χ0n) is 3.33. The second-order valence-electron chi connectivity index (χ2n) is 1.02. The Bertz CT molecular complexity index is 145. The lowest BCUT2D eigenvalue weighted by molar-refractivity contribution is 0.459. The Hall–Kier alpha value is -0.220. The maximum atomic E-state index is 8.50. The summed E-state index contributed by atoms with van der Waals surface area (Å²) in [5.74, 6) is 0.0509.